The number of aromatic nitrogens is 3. The maximum absolute atomic E-state index is 15.2. The second kappa shape index (κ2) is 9.51. The average Bonchev–Trinajstić information content (AvgIpc) is 2.84. The molecular formula is C10H18F2N4O12P4. The average molecular weight is 548 g/mol. The number of hydrogen-bond donors (Lipinski definition) is 6. The number of aliphatic hydroxyl groups excluding tert-OH is 1. The van der Waals surface area contributed by atoms with Crippen molar-refractivity contribution in [3.8, 4) is 0 Å². The van der Waals surface area contributed by atoms with Crippen molar-refractivity contribution in [3.05, 3.63) is 16.7 Å². The van der Waals surface area contributed by atoms with Crippen LogP contribution >= 0.6 is 31.4 Å². The lowest BCUT2D eigenvalue weighted by Crippen LogP contribution is -2.48. The lowest BCUT2D eigenvalue weighted by molar-refractivity contribution is -0.0917. The van der Waals surface area contributed by atoms with E-state index in [4.69, 9.17) is 20.3 Å². The zero-order chi connectivity index (χ0) is 24.7. The van der Waals surface area contributed by atoms with Crippen LogP contribution in [0.4, 0.5) is 14.6 Å². The van der Waals surface area contributed by atoms with E-state index in [1.807, 2.05) is 0 Å². The van der Waals surface area contributed by atoms with E-state index in [0.29, 0.717) is 0 Å². The molecule has 0 spiro atoms. The van der Waals surface area contributed by atoms with E-state index in [9.17, 15) is 33.2 Å². The van der Waals surface area contributed by atoms with Crippen LogP contribution in [0.15, 0.2) is 11.0 Å². The van der Waals surface area contributed by atoms with Crippen LogP contribution in [-0.4, -0.2) is 70.1 Å². The Morgan fingerprint density at radius 2 is 1.94 bits per heavy atom. The zero-order valence-electron chi connectivity index (χ0n) is 15.7. The highest BCUT2D eigenvalue weighted by Crippen LogP contribution is 2.68. The normalized spacial score (nSPS) is 31.1. The van der Waals surface area contributed by atoms with Crippen LogP contribution in [-0.2, 0) is 27.0 Å². The summed E-state index contributed by atoms with van der Waals surface area (Å²) in [6, 6.07) is 0. The minimum absolute atomic E-state index is 0.234. The molecule has 1 aromatic rings. The Bertz CT molecular complexity index is 1050. The summed E-state index contributed by atoms with van der Waals surface area (Å²) in [4.78, 5) is 52.0. The molecule has 2 rings (SSSR count). The number of anilines is 1. The molecule has 0 aliphatic carbocycles. The van der Waals surface area contributed by atoms with Gasteiger partial charge in [-0.3, -0.25) is 4.52 Å². The van der Waals surface area contributed by atoms with Gasteiger partial charge in [-0.2, -0.15) is 19.1 Å². The van der Waals surface area contributed by atoms with Crippen molar-refractivity contribution in [1.29, 1.82) is 0 Å². The van der Waals surface area contributed by atoms with E-state index in [0.717, 1.165) is 13.1 Å². The smallest absolute Gasteiger partial charge is 0.387 e. The molecule has 0 amide bonds. The van der Waals surface area contributed by atoms with Gasteiger partial charge < -0.3 is 35.2 Å². The molecule has 1 aromatic heterocycles. The van der Waals surface area contributed by atoms with Crippen LogP contribution in [0.1, 0.15) is 13.2 Å². The Labute approximate surface area is 179 Å². The molecule has 184 valence electrons. The Kier molecular flexibility index (Phi) is 8.19. The van der Waals surface area contributed by atoms with Gasteiger partial charge >= 0.3 is 21.3 Å². The highest BCUT2D eigenvalue weighted by molar-refractivity contribution is 7.91. The van der Waals surface area contributed by atoms with Gasteiger partial charge in [-0.1, -0.05) is 0 Å². The monoisotopic (exact) mass is 548 g/mol. The lowest BCUT2D eigenvalue weighted by Gasteiger charge is -2.26. The van der Waals surface area contributed by atoms with E-state index >= 15 is 4.39 Å². The second-order valence-corrected chi connectivity index (χ2v) is 12.5. The van der Waals surface area contributed by atoms with Crippen molar-refractivity contribution in [2.45, 2.75) is 37.1 Å². The van der Waals surface area contributed by atoms with Gasteiger partial charge in [0.15, 0.2) is 6.23 Å². The predicted octanol–water partition coefficient (Wildman–Crippen LogP) is -0.399. The number of nitrogens with two attached hydrogens (primary N) is 1. The number of ether oxygens (including phenoxy) is 1. The number of hydrogen-bond acceptors (Lipinski definition) is 11. The van der Waals surface area contributed by atoms with Crippen molar-refractivity contribution < 1.29 is 60.5 Å². The van der Waals surface area contributed by atoms with Crippen LogP contribution in [0.2, 0.25) is 0 Å². The summed E-state index contributed by atoms with van der Waals surface area (Å²) in [5, 5.41) is 13.7. The zero-order valence-corrected chi connectivity index (χ0v) is 19.4. The van der Waals surface area contributed by atoms with Crippen LogP contribution < -0.4 is 11.4 Å². The Balaban J connectivity index is 2.25. The lowest BCUT2D eigenvalue weighted by atomic mass is 9.95. The molecule has 2 heterocycles. The van der Waals surface area contributed by atoms with Gasteiger partial charge in [-0.05, 0) is 15.5 Å². The summed E-state index contributed by atoms with van der Waals surface area (Å²) >= 11 is 0. The number of aliphatic hydroxyl groups is 1. The number of alkyl halides is 2. The first-order valence-corrected chi connectivity index (χ1v) is 14.0. The van der Waals surface area contributed by atoms with Gasteiger partial charge in [-0.15, -0.1) is 0 Å². The molecule has 1 aliphatic rings. The summed E-state index contributed by atoms with van der Waals surface area (Å²) < 4.78 is 69.8. The third kappa shape index (κ3) is 6.45. The molecule has 0 saturated carbocycles. The predicted molar refractivity (Wildman–Crippen MR) is 102 cm³/mol. The number of nitrogen functional groups attached to an aromatic ring is 1. The third-order valence-corrected chi connectivity index (χ3v) is 8.57. The maximum atomic E-state index is 15.2. The molecule has 0 aromatic carbocycles. The molecule has 3 unspecified atom stereocenters. The number of phosphoric acid groups is 2. The largest absolute Gasteiger partial charge is 0.488 e. The fourth-order valence-electron chi connectivity index (χ4n) is 2.63. The Hall–Kier alpha value is -0.700. The summed E-state index contributed by atoms with van der Waals surface area (Å²) in [6.07, 6.45) is -7.62. The molecule has 7 N–H and O–H groups in total. The van der Waals surface area contributed by atoms with Gasteiger partial charge in [0.25, 0.3) is 7.23 Å². The van der Waals surface area contributed by atoms with Crippen LogP contribution in [0.5, 0.6) is 0 Å². The van der Waals surface area contributed by atoms with E-state index < -0.39 is 65.4 Å². The number of nitrogens with zero attached hydrogens (tertiary/aromatic N) is 3. The molecule has 1 saturated heterocycles. The first-order valence-electron chi connectivity index (χ1n) is 8.07. The molecule has 0 radical (unpaired) electrons. The fourth-order valence-corrected chi connectivity index (χ4v) is 6.83. The molecule has 16 nitrogen and oxygen atoms in total. The Morgan fingerprint density at radius 1 is 1.34 bits per heavy atom. The van der Waals surface area contributed by atoms with Gasteiger partial charge in [-0.25, -0.2) is 27.0 Å². The second-order valence-electron chi connectivity index (χ2n) is 6.32. The molecule has 0 bridgehead atoms. The number of phosphoric ester groups is 1. The first-order chi connectivity index (χ1) is 14.4. The van der Waals surface area contributed by atoms with Gasteiger partial charge in [0, 0.05) is 0 Å². The topological polar surface area (TPSA) is 246 Å². The fraction of sp³-hybridized carbons (Fsp3) is 0.700. The van der Waals surface area contributed by atoms with Crippen LogP contribution in [0.25, 0.3) is 0 Å². The summed E-state index contributed by atoms with van der Waals surface area (Å²) in [5.41, 5.74) is 0.690. The molecule has 7 atom stereocenters. The first kappa shape index (κ1) is 27.5. The maximum Gasteiger partial charge on any atom is 0.488 e. The Morgan fingerprint density at radius 3 is 2.44 bits per heavy atom. The van der Waals surface area contributed by atoms with E-state index in [1.165, 1.54) is 0 Å². The van der Waals surface area contributed by atoms with Gasteiger partial charge in [0.05, 0.1) is 12.3 Å². The highest BCUT2D eigenvalue weighted by atomic mass is 31.8. The minimum Gasteiger partial charge on any atom is -0.387 e. The van der Waals surface area contributed by atoms with Crippen molar-refractivity contribution in [2.75, 3.05) is 12.4 Å². The standard InChI is InChI=1S/C10H18F2N4O12P4/c1-4(26-30(19,20)27-31(21,22)28-32(23,24)29)6-7(17)10(12,3-11)8(25-6)16-9(18)15-5(13)2-14-16/h2,4,6-8,17,23-24,29H,3H2,1H3,(H,19,20)(H,21,22)(H2,13,15,18)/t4-,6+,7-,8+,10?/m0/s1. The molecule has 1 fully saturated rings. The van der Waals surface area contributed by atoms with Gasteiger partial charge in [0.1, 0.15) is 24.7 Å². The minimum atomic E-state index is -5.59. The van der Waals surface area contributed by atoms with Crippen LogP contribution in [0.3, 0.4) is 0 Å². The van der Waals surface area contributed by atoms with Crippen LogP contribution in [0, 0.1) is 0 Å². The quantitative estimate of drug-likeness (QED) is 0.215. The summed E-state index contributed by atoms with van der Waals surface area (Å²) in [7, 11) is -13.6. The molecule has 22 heteroatoms. The van der Waals surface area contributed by atoms with Crippen molar-refractivity contribution in [1.82, 2.24) is 14.8 Å². The van der Waals surface area contributed by atoms with E-state index in [-0.39, 0.29) is 10.5 Å². The van der Waals surface area contributed by atoms with E-state index in [1.54, 1.807) is 0 Å². The number of rotatable bonds is 9. The summed E-state index contributed by atoms with van der Waals surface area (Å²) in [5.74, 6) is -0.350. The van der Waals surface area contributed by atoms with Crippen molar-refractivity contribution in [2.24, 2.45) is 0 Å². The van der Waals surface area contributed by atoms with Crippen molar-refractivity contribution in [3.63, 3.8) is 0 Å². The highest BCUT2D eigenvalue weighted by Gasteiger charge is 2.61. The molecular weight excluding hydrogens is 530 g/mol. The SMILES string of the molecule is C[C@H](OP(=O)(O)OP(=O)(O)OP(O)(O)=P)[C@H]1O[C@@H](n2ncc(N)nc2=O)C(F)(CF)[C@H]1O. The molecule has 32 heavy (non-hydrogen) atoms. The van der Waals surface area contributed by atoms with E-state index in [2.05, 4.69) is 31.8 Å². The van der Waals surface area contributed by atoms with Gasteiger partial charge in [0.2, 0.25) is 5.67 Å². The summed E-state index contributed by atoms with van der Waals surface area (Å²) in [6.45, 7) is -1.00. The third-order valence-electron chi connectivity index (χ3n) is 3.85. The number of halogens is 2. The molecule has 1 aliphatic heterocycles. The van der Waals surface area contributed by atoms with Crippen molar-refractivity contribution >= 4 is 37.2 Å².